The van der Waals surface area contributed by atoms with E-state index in [9.17, 15) is 14.4 Å². The Kier molecular flexibility index (Phi) is 6.65. The molecular weight excluding hydrogens is 468 g/mol. The highest BCUT2D eigenvalue weighted by atomic mass is 32.2. The van der Waals surface area contributed by atoms with Crippen molar-refractivity contribution in [3.05, 3.63) is 58.9 Å². The number of rotatable bonds is 8. The zero-order valence-corrected chi connectivity index (χ0v) is 20.1. The van der Waals surface area contributed by atoms with Gasteiger partial charge in [0.1, 0.15) is 11.9 Å². The first-order valence-electron chi connectivity index (χ1n) is 11.4. The van der Waals surface area contributed by atoms with E-state index in [1.807, 2.05) is 42.5 Å². The highest BCUT2D eigenvalue weighted by Gasteiger charge is 2.32. The van der Waals surface area contributed by atoms with Gasteiger partial charge in [0.25, 0.3) is 5.56 Å². The first kappa shape index (κ1) is 23.3. The number of amides is 2. The number of anilines is 2. The van der Waals surface area contributed by atoms with Crippen molar-refractivity contribution in [2.24, 2.45) is 0 Å². The average molecular weight is 495 g/mol. The molecule has 1 atom stereocenters. The Bertz CT molecular complexity index is 1340. The van der Waals surface area contributed by atoms with Gasteiger partial charge in [-0.1, -0.05) is 0 Å². The van der Waals surface area contributed by atoms with Crippen LogP contribution < -0.4 is 25.8 Å². The number of nitrogens with zero attached hydrogens (tertiary/aromatic N) is 2. The van der Waals surface area contributed by atoms with Crippen molar-refractivity contribution < 1.29 is 19.1 Å². The number of aromatic nitrogens is 1. The Balaban J connectivity index is 1.14. The van der Waals surface area contributed by atoms with Gasteiger partial charge in [-0.2, -0.15) is 0 Å². The fourth-order valence-corrected chi connectivity index (χ4v) is 5.12. The van der Waals surface area contributed by atoms with Gasteiger partial charge in [0.2, 0.25) is 5.91 Å². The van der Waals surface area contributed by atoms with Crippen LogP contribution in [-0.2, 0) is 16.1 Å². The molecule has 2 N–H and O–H groups in total. The van der Waals surface area contributed by atoms with Gasteiger partial charge in [0.15, 0.2) is 0 Å². The molecule has 9 nitrogen and oxygen atoms in total. The molecule has 0 aliphatic carbocycles. The standard InChI is InChI=1S/C25H26N4O5S/c1-33-18-6-3-16-4-8-24(31)28(21(16)12-18)10-2-9-26-13-19-14-29(25(32)34-19)17-5-7-22-20(11-17)27-23(30)15-35-22/h3-8,11-12,19,26H,2,9-10,13-15H2,1H3,(H,27,30)/t19-/m1/s1. The lowest BCUT2D eigenvalue weighted by atomic mass is 10.2. The molecular formula is C25H26N4O5S. The Morgan fingerprint density at radius 2 is 2.00 bits per heavy atom. The predicted molar refractivity (Wildman–Crippen MR) is 136 cm³/mol. The van der Waals surface area contributed by atoms with Crippen molar-refractivity contribution in [1.29, 1.82) is 0 Å². The number of fused-ring (bicyclic) bond motifs is 2. The molecule has 0 bridgehead atoms. The van der Waals surface area contributed by atoms with E-state index in [4.69, 9.17) is 9.47 Å². The van der Waals surface area contributed by atoms with E-state index in [2.05, 4.69) is 10.6 Å². The highest BCUT2D eigenvalue weighted by molar-refractivity contribution is 8.00. The number of methoxy groups -OCH3 is 1. The van der Waals surface area contributed by atoms with Gasteiger partial charge in [-0.25, -0.2) is 4.79 Å². The number of thioether (sulfide) groups is 1. The summed E-state index contributed by atoms with van der Waals surface area (Å²) in [5, 5.41) is 7.17. The molecule has 10 heteroatoms. The lowest BCUT2D eigenvalue weighted by Crippen LogP contribution is -2.32. The molecule has 182 valence electrons. The molecule has 2 aliphatic heterocycles. The summed E-state index contributed by atoms with van der Waals surface area (Å²) in [5.41, 5.74) is 2.21. The second-order valence-electron chi connectivity index (χ2n) is 8.44. The van der Waals surface area contributed by atoms with Crippen LogP contribution in [0.1, 0.15) is 6.42 Å². The summed E-state index contributed by atoms with van der Waals surface area (Å²) in [6.45, 7) is 2.17. The molecule has 1 saturated heterocycles. The van der Waals surface area contributed by atoms with Gasteiger partial charge in [-0.3, -0.25) is 14.5 Å². The number of benzene rings is 2. The Labute approximate surface area is 206 Å². The molecule has 1 aromatic heterocycles. The van der Waals surface area contributed by atoms with Crippen molar-refractivity contribution in [2.45, 2.75) is 24.0 Å². The molecule has 35 heavy (non-hydrogen) atoms. The average Bonchev–Trinajstić information content (AvgIpc) is 3.24. The summed E-state index contributed by atoms with van der Waals surface area (Å²) in [7, 11) is 1.61. The van der Waals surface area contributed by atoms with Gasteiger partial charge < -0.3 is 24.7 Å². The van der Waals surface area contributed by atoms with Gasteiger partial charge in [0, 0.05) is 35.8 Å². The zero-order chi connectivity index (χ0) is 24.4. The fraction of sp³-hybridized carbons (Fsp3) is 0.320. The SMILES string of the molecule is COc1ccc2ccc(=O)n(CCCNC[C@@H]3CN(c4ccc5c(c4)NC(=O)CS5)C(=O)O3)c2c1. The third-order valence-electron chi connectivity index (χ3n) is 6.09. The maximum Gasteiger partial charge on any atom is 0.414 e. The van der Waals surface area contributed by atoms with Crippen molar-refractivity contribution >= 4 is 46.0 Å². The quantitative estimate of drug-likeness (QED) is 0.464. The molecule has 3 aromatic rings. The van der Waals surface area contributed by atoms with E-state index < -0.39 is 6.09 Å². The van der Waals surface area contributed by atoms with Crippen LogP contribution in [0.2, 0.25) is 0 Å². The number of carbonyl (C=O) groups excluding carboxylic acids is 2. The van der Waals surface area contributed by atoms with E-state index in [1.54, 1.807) is 22.6 Å². The molecule has 2 aliphatic rings. The van der Waals surface area contributed by atoms with E-state index >= 15 is 0 Å². The lowest BCUT2D eigenvalue weighted by Gasteiger charge is -2.20. The third kappa shape index (κ3) is 4.98. The summed E-state index contributed by atoms with van der Waals surface area (Å²) in [6.07, 6.45) is 0.0535. The second kappa shape index (κ2) is 10.0. The number of cyclic esters (lactones) is 1. The molecule has 0 saturated carbocycles. The molecule has 2 aromatic carbocycles. The topological polar surface area (TPSA) is 102 Å². The van der Waals surface area contributed by atoms with Crippen LogP contribution in [-0.4, -0.2) is 55.2 Å². The largest absolute Gasteiger partial charge is 0.497 e. The van der Waals surface area contributed by atoms with Gasteiger partial charge in [-0.15, -0.1) is 11.8 Å². The molecule has 0 spiro atoms. The first-order valence-corrected chi connectivity index (χ1v) is 12.4. The van der Waals surface area contributed by atoms with E-state index in [0.29, 0.717) is 43.4 Å². The van der Waals surface area contributed by atoms with E-state index in [0.717, 1.165) is 27.9 Å². The van der Waals surface area contributed by atoms with Crippen LogP contribution in [0, 0.1) is 0 Å². The number of hydrogen-bond donors (Lipinski definition) is 2. The molecule has 2 amide bonds. The number of ether oxygens (including phenoxy) is 2. The number of aryl methyl sites for hydroxylation is 1. The van der Waals surface area contributed by atoms with Crippen LogP contribution in [0.5, 0.6) is 5.75 Å². The summed E-state index contributed by atoms with van der Waals surface area (Å²) >= 11 is 1.48. The van der Waals surface area contributed by atoms with Gasteiger partial charge in [-0.05, 0) is 54.8 Å². The fourth-order valence-electron chi connectivity index (χ4n) is 4.33. The smallest absolute Gasteiger partial charge is 0.414 e. The molecule has 0 radical (unpaired) electrons. The Hall–Kier alpha value is -3.50. The first-order chi connectivity index (χ1) is 17.0. The summed E-state index contributed by atoms with van der Waals surface area (Å²) in [5.74, 6) is 1.06. The predicted octanol–water partition coefficient (Wildman–Crippen LogP) is 3.06. The molecule has 0 unspecified atom stereocenters. The molecule has 3 heterocycles. The van der Waals surface area contributed by atoms with E-state index in [-0.39, 0.29) is 17.6 Å². The Morgan fingerprint density at radius 1 is 1.14 bits per heavy atom. The molecule has 5 rings (SSSR count). The number of hydrogen-bond acceptors (Lipinski definition) is 7. The Morgan fingerprint density at radius 3 is 2.86 bits per heavy atom. The van der Waals surface area contributed by atoms with Crippen LogP contribution in [0.25, 0.3) is 10.9 Å². The van der Waals surface area contributed by atoms with Crippen molar-refractivity contribution in [3.63, 3.8) is 0 Å². The second-order valence-corrected chi connectivity index (χ2v) is 9.46. The number of nitrogens with one attached hydrogen (secondary N) is 2. The van der Waals surface area contributed by atoms with Crippen LogP contribution in [0.4, 0.5) is 16.2 Å². The van der Waals surface area contributed by atoms with Gasteiger partial charge >= 0.3 is 6.09 Å². The van der Waals surface area contributed by atoms with Crippen LogP contribution in [0.15, 0.2) is 58.2 Å². The third-order valence-corrected chi connectivity index (χ3v) is 7.16. The van der Waals surface area contributed by atoms with Crippen LogP contribution in [0.3, 0.4) is 0 Å². The lowest BCUT2D eigenvalue weighted by molar-refractivity contribution is -0.113. The van der Waals surface area contributed by atoms with Crippen molar-refractivity contribution in [3.8, 4) is 5.75 Å². The molecule has 1 fully saturated rings. The zero-order valence-electron chi connectivity index (χ0n) is 19.3. The van der Waals surface area contributed by atoms with E-state index in [1.165, 1.54) is 11.8 Å². The normalized spacial score (nSPS) is 17.3. The minimum absolute atomic E-state index is 0.0457. The highest BCUT2D eigenvalue weighted by Crippen LogP contribution is 2.35. The van der Waals surface area contributed by atoms with Crippen molar-refractivity contribution in [2.75, 3.05) is 42.7 Å². The summed E-state index contributed by atoms with van der Waals surface area (Å²) < 4.78 is 12.6. The summed E-state index contributed by atoms with van der Waals surface area (Å²) in [6, 6.07) is 14.7. The minimum Gasteiger partial charge on any atom is -0.497 e. The number of carbonyl (C=O) groups is 2. The van der Waals surface area contributed by atoms with Gasteiger partial charge in [0.05, 0.1) is 30.6 Å². The van der Waals surface area contributed by atoms with Crippen molar-refractivity contribution in [1.82, 2.24) is 9.88 Å². The minimum atomic E-state index is -0.400. The maximum absolute atomic E-state index is 12.4. The number of pyridine rings is 1. The van der Waals surface area contributed by atoms with Crippen LogP contribution >= 0.6 is 11.8 Å². The summed E-state index contributed by atoms with van der Waals surface area (Å²) in [4.78, 5) is 39.1. The maximum atomic E-state index is 12.4. The monoisotopic (exact) mass is 494 g/mol.